The van der Waals surface area contributed by atoms with E-state index in [4.69, 9.17) is 0 Å². The first-order valence-corrected chi connectivity index (χ1v) is 6.08. The van der Waals surface area contributed by atoms with Gasteiger partial charge in [-0.2, -0.15) is 0 Å². The average molecular weight is 278 g/mol. The fourth-order valence-electron chi connectivity index (χ4n) is 1.90. The number of rotatable bonds is 5. The van der Waals surface area contributed by atoms with Gasteiger partial charge in [0.25, 0.3) is 0 Å². The summed E-state index contributed by atoms with van der Waals surface area (Å²) in [6, 6.07) is 7.51. The number of nitrogens with one attached hydrogen (secondary N) is 1. The van der Waals surface area contributed by atoms with Crippen LogP contribution in [0, 0.1) is 0 Å². The zero-order valence-electron chi connectivity index (χ0n) is 10.6. The number of carbonyl (C=O) groups excluding carboxylic acids is 2. The number of nitrogens with zero attached hydrogens (tertiary/aromatic N) is 1. The standard InChI is InChI=1S/C13H14N2O5/c16-10(15-6-7-20-13(15)19)8-14-11(12(17)18)9-4-2-1-3-5-9/h1-5,11,14H,6-8H2,(H,17,18). The predicted molar refractivity (Wildman–Crippen MR) is 67.9 cm³/mol. The van der Waals surface area contributed by atoms with Crippen molar-refractivity contribution in [1.29, 1.82) is 0 Å². The van der Waals surface area contributed by atoms with E-state index >= 15 is 0 Å². The number of benzene rings is 1. The fourth-order valence-corrected chi connectivity index (χ4v) is 1.90. The molecule has 106 valence electrons. The molecule has 7 nitrogen and oxygen atoms in total. The molecule has 1 aromatic carbocycles. The second kappa shape index (κ2) is 6.16. The second-order valence-corrected chi connectivity index (χ2v) is 4.22. The maximum atomic E-state index is 11.8. The summed E-state index contributed by atoms with van der Waals surface area (Å²) in [7, 11) is 0. The van der Waals surface area contributed by atoms with Crippen LogP contribution >= 0.6 is 0 Å². The van der Waals surface area contributed by atoms with E-state index in [1.165, 1.54) is 0 Å². The van der Waals surface area contributed by atoms with Crippen molar-refractivity contribution in [3.63, 3.8) is 0 Å². The monoisotopic (exact) mass is 278 g/mol. The second-order valence-electron chi connectivity index (χ2n) is 4.22. The molecule has 1 atom stereocenters. The summed E-state index contributed by atoms with van der Waals surface area (Å²) < 4.78 is 4.65. The van der Waals surface area contributed by atoms with Gasteiger partial charge in [-0.3, -0.25) is 14.9 Å². The topological polar surface area (TPSA) is 95.9 Å². The Labute approximate surface area is 115 Å². The normalized spacial score (nSPS) is 15.8. The highest BCUT2D eigenvalue weighted by Crippen LogP contribution is 2.12. The molecule has 1 aromatic rings. The number of imide groups is 1. The Bertz CT molecular complexity index is 517. The Morgan fingerprint density at radius 1 is 1.35 bits per heavy atom. The molecule has 1 heterocycles. The molecule has 1 saturated heterocycles. The number of carboxylic acid groups (broad SMARTS) is 1. The van der Waals surface area contributed by atoms with E-state index in [1.807, 2.05) is 0 Å². The third-order valence-corrected chi connectivity index (χ3v) is 2.90. The highest BCUT2D eigenvalue weighted by atomic mass is 16.6. The zero-order valence-corrected chi connectivity index (χ0v) is 10.6. The van der Waals surface area contributed by atoms with Gasteiger partial charge in [0.2, 0.25) is 5.91 Å². The Balaban J connectivity index is 1.98. The van der Waals surface area contributed by atoms with E-state index in [-0.39, 0.29) is 19.7 Å². The van der Waals surface area contributed by atoms with Crippen LogP contribution in [0.1, 0.15) is 11.6 Å². The summed E-state index contributed by atoms with van der Waals surface area (Å²) in [5, 5.41) is 11.8. The summed E-state index contributed by atoms with van der Waals surface area (Å²) in [6.45, 7) is 0.120. The summed E-state index contributed by atoms with van der Waals surface area (Å²) in [5.74, 6) is -1.59. The van der Waals surface area contributed by atoms with Crippen molar-refractivity contribution >= 4 is 18.0 Å². The number of hydrogen-bond donors (Lipinski definition) is 2. The smallest absolute Gasteiger partial charge is 0.416 e. The first kappa shape index (κ1) is 14.0. The minimum absolute atomic E-state index is 0.172. The quantitative estimate of drug-likeness (QED) is 0.808. The minimum Gasteiger partial charge on any atom is -0.480 e. The molecule has 2 amide bonds. The van der Waals surface area contributed by atoms with Gasteiger partial charge in [0.15, 0.2) is 0 Å². The van der Waals surface area contributed by atoms with Crippen LogP contribution in [0.25, 0.3) is 0 Å². The van der Waals surface area contributed by atoms with Crippen molar-refractivity contribution in [2.75, 3.05) is 19.7 Å². The Kier molecular flexibility index (Phi) is 4.31. The van der Waals surface area contributed by atoms with Gasteiger partial charge >= 0.3 is 12.1 Å². The zero-order chi connectivity index (χ0) is 14.5. The van der Waals surface area contributed by atoms with Gasteiger partial charge in [0.1, 0.15) is 12.6 Å². The van der Waals surface area contributed by atoms with Gasteiger partial charge in [0, 0.05) is 0 Å². The largest absolute Gasteiger partial charge is 0.480 e. The van der Waals surface area contributed by atoms with E-state index in [0.29, 0.717) is 5.56 Å². The van der Waals surface area contributed by atoms with Crippen LogP contribution in [-0.2, 0) is 14.3 Å². The molecular formula is C13H14N2O5. The van der Waals surface area contributed by atoms with Gasteiger partial charge in [-0.05, 0) is 5.56 Å². The molecule has 1 fully saturated rings. The first-order chi connectivity index (χ1) is 9.59. The summed E-state index contributed by atoms with van der Waals surface area (Å²) in [6.07, 6.45) is -0.691. The van der Waals surface area contributed by atoms with E-state index in [0.717, 1.165) is 4.90 Å². The Hall–Kier alpha value is -2.41. The summed E-state index contributed by atoms with van der Waals surface area (Å²) in [4.78, 5) is 35.2. The first-order valence-electron chi connectivity index (χ1n) is 6.08. The number of cyclic esters (lactones) is 1. The van der Waals surface area contributed by atoms with Crippen molar-refractivity contribution in [1.82, 2.24) is 10.2 Å². The van der Waals surface area contributed by atoms with Gasteiger partial charge in [-0.25, -0.2) is 9.69 Å². The van der Waals surface area contributed by atoms with Crippen molar-refractivity contribution in [2.45, 2.75) is 6.04 Å². The van der Waals surface area contributed by atoms with Crippen molar-refractivity contribution in [3.8, 4) is 0 Å². The lowest BCUT2D eigenvalue weighted by Gasteiger charge is -2.16. The van der Waals surface area contributed by atoms with Crippen LogP contribution in [0.5, 0.6) is 0 Å². The molecule has 0 radical (unpaired) electrons. The summed E-state index contributed by atoms with van der Waals surface area (Å²) >= 11 is 0. The summed E-state index contributed by atoms with van der Waals surface area (Å²) in [5.41, 5.74) is 0.539. The van der Waals surface area contributed by atoms with Gasteiger partial charge < -0.3 is 9.84 Å². The Morgan fingerprint density at radius 3 is 2.60 bits per heavy atom. The van der Waals surface area contributed by atoms with Crippen LogP contribution in [0.4, 0.5) is 4.79 Å². The number of carboxylic acids is 1. The number of carbonyl (C=O) groups is 3. The molecule has 7 heteroatoms. The molecule has 2 N–H and O–H groups in total. The van der Waals surface area contributed by atoms with Gasteiger partial charge in [0.05, 0.1) is 13.1 Å². The van der Waals surface area contributed by atoms with Crippen LogP contribution in [0.15, 0.2) is 30.3 Å². The fraction of sp³-hybridized carbons (Fsp3) is 0.308. The molecule has 2 rings (SSSR count). The van der Waals surface area contributed by atoms with Crippen LogP contribution in [0.3, 0.4) is 0 Å². The van der Waals surface area contributed by atoms with E-state index in [2.05, 4.69) is 10.1 Å². The van der Waals surface area contributed by atoms with Gasteiger partial charge in [-0.1, -0.05) is 30.3 Å². The van der Waals surface area contributed by atoms with Crippen LogP contribution in [0.2, 0.25) is 0 Å². The number of ether oxygens (including phenoxy) is 1. The molecule has 1 aliphatic rings. The average Bonchev–Trinajstić information content (AvgIpc) is 2.86. The molecule has 1 unspecified atom stereocenters. The molecule has 0 aliphatic carbocycles. The van der Waals surface area contributed by atoms with Crippen molar-refractivity contribution in [3.05, 3.63) is 35.9 Å². The van der Waals surface area contributed by atoms with Gasteiger partial charge in [-0.15, -0.1) is 0 Å². The lowest BCUT2D eigenvalue weighted by molar-refractivity contribution is -0.139. The van der Waals surface area contributed by atoms with E-state index in [1.54, 1.807) is 30.3 Å². The predicted octanol–water partition coefficient (Wildman–Crippen LogP) is 0.381. The SMILES string of the molecule is O=C(O)C(NCC(=O)N1CCOC1=O)c1ccccc1. The van der Waals surface area contributed by atoms with Crippen molar-refractivity contribution in [2.24, 2.45) is 0 Å². The highest BCUT2D eigenvalue weighted by molar-refractivity contribution is 5.94. The molecule has 0 aromatic heterocycles. The lowest BCUT2D eigenvalue weighted by atomic mass is 10.1. The number of hydrogen-bond acceptors (Lipinski definition) is 5. The molecule has 1 aliphatic heterocycles. The third kappa shape index (κ3) is 3.12. The molecule has 0 spiro atoms. The van der Waals surface area contributed by atoms with Crippen LogP contribution in [-0.4, -0.2) is 47.7 Å². The maximum Gasteiger partial charge on any atom is 0.416 e. The molecular weight excluding hydrogens is 264 g/mol. The third-order valence-electron chi connectivity index (χ3n) is 2.90. The number of amides is 2. The maximum absolute atomic E-state index is 11.8. The molecule has 20 heavy (non-hydrogen) atoms. The molecule has 0 bridgehead atoms. The van der Waals surface area contributed by atoms with E-state index in [9.17, 15) is 19.5 Å². The number of aliphatic carboxylic acids is 1. The lowest BCUT2D eigenvalue weighted by Crippen LogP contribution is -2.41. The van der Waals surface area contributed by atoms with Crippen molar-refractivity contribution < 1.29 is 24.2 Å². The van der Waals surface area contributed by atoms with E-state index < -0.39 is 24.0 Å². The highest BCUT2D eigenvalue weighted by Gasteiger charge is 2.29. The van der Waals surface area contributed by atoms with Crippen LogP contribution < -0.4 is 5.32 Å². The molecule has 0 saturated carbocycles. The minimum atomic E-state index is -1.09. The Morgan fingerprint density at radius 2 is 2.05 bits per heavy atom.